The van der Waals surface area contributed by atoms with Gasteiger partial charge in [-0.3, -0.25) is 0 Å². The number of aryl methyl sites for hydroxylation is 2. The van der Waals surface area contributed by atoms with Gasteiger partial charge in [-0.2, -0.15) is 0 Å². The summed E-state index contributed by atoms with van der Waals surface area (Å²) in [6, 6.07) is 7.30. The van der Waals surface area contributed by atoms with E-state index in [1.54, 1.807) is 16.7 Å². The molecule has 96 valence electrons. The third-order valence-corrected chi connectivity index (χ3v) is 5.32. The van der Waals surface area contributed by atoms with E-state index in [4.69, 9.17) is 0 Å². The molecule has 1 aliphatic heterocycles. The van der Waals surface area contributed by atoms with E-state index in [0.29, 0.717) is 5.54 Å². The molecule has 4 rings (SSSR count). The van der Waals surface area contributed by atoms with Crippen molar-refractivity contribution >= 4 is 0 Å². The molecule has 1 nitrogen and oxygen atoms in total. The smallest absolute Gasteiger partial charge is 0.0250 e. The summed E-state index contributed by atoms with van der Waals surface area (Å²) in [6.45, 7) is 1.24. The van der Waals surface area contributed by atoms with Gasteiger partial charge in [-0.15, -0.1) is 0 Å². The lowest BCUT2D eigenvalue weighted by molar-refractivity contribution is 0.323. The van der Waals surface area contributed by atoms with Crippen LogP contribution < -0.4 is 5.32 Å². The quantitative estimate of drug-likeness (QED) is 0.856. The average molecular weight is 241 g/mol. The lowest BCUT2D eigenvalue weighted by atomic mass is 9.84. The minimum atomic E-state index is 0.465. The van der Waals surface area contributed by atoms with Gasteiger partial charge in [-0.1, -0.05) is 18.2 Å². The highest BCUT2D eigenvalue weighted by atomic mass is 15.0. The molecule has 2 aliphatic carbocycles. The van der Waals surface area contributed by atoms with Crippen molar-refractivity contribution < 1.29 is 0 Å². The van der Waals surface area contributed by atoms with E-state index in [1.165, 1.54) is 57.9 Å². The van der Waals surface area contributed by atoms with Gasteiger partial charge in [0.15, 0.2) is 0 Å². The standard InChI is InChI=1S/C17H23N/c1-3-14-6-5-13(11-15(14)4-1)12-17(16-7-8-16)9-2-10-18-17/h5-6,11,16,18H,1-4,7-10,12H2. The number of hydrogen-bond donors (Lipinski definition) is 1. The predicted octanol–water partition coefficient (Wildman–Crippen LogP) is 3.25. The van der Waals surface area contributed by atoms with Gasteiger partial charge in [0.2, 0.25) is 0 Å². The van der Waals surface area contributed by atoms with E-state index in [9.17, 15) is 0 Å². The van der Waals surface area contributed by atoms with Gasteiger partial charge in [0, 0.05) is 5.54 Å². The monoisotopic (exact) mass is 241 g/mol. The molecule has 1 aromatic carbocycles. The van der Waals surface area contributed by atoms with Gasteiger partial charge in [-0.05, 0) is 80.5 Å². The Kier molecular flexibility index (Phi) is 2.51. The molecular weight excluding hydrogens is 218 g/mol. The zero-order valence-electron chi connectivity index (χ0n) is 11.2. The van der Waals surface area contributed by atoms with E-state index in [1.807, 2.05) is 0 Å². The fourth-order valence-electron chi connectivity index (χ4n) is 4.21. The molecule has 2 fully saturated rings. The molecule has 1 N–H and O–H groups in total. The van der Waals surface area contributed by atoms with E-state index in [2.05, 4.69) is 23.5 Å². The van der Waals surface area contributed by atoms with Gasteiger partial charge in [-0.25, -0.2) is 0 Å². The van der Waals surface area contributed by atoms with Crippen molar-refractivity contribution in [3.63, 3.8) is 0 Å². The van der Waals surface area contributed by atoms with Gasteiger partial charge < -0.3 is 5.32 Å². The van der Waals surface area contributed by atoms with E-state index in [-0.39, 0.29) is 0 Å². The molecule has 0 bridgehead atoms. The fraction of sp³-hybridized carbons (Fsp3) is 0.647. The molecule has 1 aromatic rings. The first-order valence-electron chi connectivity index (χ1n) is 7.71. The maximum Gasteiger partial charge on any atom is 0.0250 e. The molecule has 0 aromatic heterocycles. The molecule has 0 radical (unpaired) electrons. The van der Waals surface area contributed by atoms with Crippen molar-refractivity contribution in [1.82, 2.24) is 5.32 Å². The zero-order chi connectivity index (χ0) is 12.0. The van der Waals surface area contributed by atoms with Gasteiger partial charge in [0.1, 0.15) is 0 Å². The minimum absolute atomic E-state index is 0.465. The molecule has 1 unspecified atom stereocenters. The summed E-state index contributed by atoms with van der Waals surface area (Å²) in [5.74, 6) is 0.966. The van der Waals surface area contributed by atoms with Crippen LogP contribution in [0, 0.1) is 5.92 Å². The Hall–Kier alpha value is -0.820. The van der Waals surface area contributed by atoms with E-state index < -0.39 is 0 Å². The summed E-state index contributed by atoms with van der Waals surface area (Å²) >= 11 is 0. The van der Waals surface area contributed by atoms with Crippen LogP contribution in [-0.4, -0.2) is 12.1 Å². The van der Waals surface area contributed by atoms with Gasteiger partial charge in [0.05, 0.1) is 0 Å². The summed E-state index contributed by atoms with van der Waals surface area (Å²) in [4.78, 5) is 0. The van der Waals surface area contributed by atoms with Crippen LogP contribution in [0.15, 0.2) is 18.2 Å². The lowest BCUT2D eigenvalue weighted by Gasteiger charge is -2.30. The van der Waals surface area contributed by atoms with Crippen LogP contribution in [0.3, 0.4) is 0 Å². The summed E-state index contributed by atoms with van der Waals surface area (Å²) in [7, 11) is 0. The third kappa shape index (κ3) is 1.80. The van der Waals surface area contributed by atoms with Crippen molar-refractivity contribution in [2.24, 2.45) is 5.92 Å². The van der Waals surface area contributed by atoms with Crippen molar-refractivity contribution in [2.45, 2.75) is 56.9 Å². The molecule has 0 spiro atoms. The topological polar surface area (TPSA) is 12.0 Å². The minimum Gasteiger partial charge on any atom is -0.311 e. The largest absolute Gasteiger partial charge is 0.311 e. The second kappa shape index (κ2) is 4.09. The number of rotatable bonds is 3. The van der Waals surface area contributed by atoms with Gasteiger partial charge in [0.25, 0.3) is 0 Å². The number of nitrogens with one attached hydrogen (secondary N) is 1. The molecule has 1 saturated heterocycles. The summed E-state index contributed by atoms with van der Waals surface area (Å²) in [5.41, 5.74) is 5.29. The van der Waals surface area contributed by atoms with Crippen LogP contribution in [0.4, 0.5) is 0 Å². The van der Waals surface area contributed by atoms with Crippen molar-refractivity contribution in [3.8, 4) is 0 Å². The fourth-order valence-corrected chi connectivity index (χ4v) is 4.21. The summed E-state index contributed by atoms with van der Waals surface area (Å²) < 4.78 is 0. The van der Waals surface area contributed by atoms with Gasteiger partial charge >= 0.3 is 0 Å². The first-order chi connectivity index (χ1) is 8.86. The van der Waals surface area contributed by atoms with Crippen LogP contribution in [-0.2, 0) is 19.3 Å². The Morgan fingerprint density at radius 2 is 2.00 bits per heavy atom. The van der Waals surface area contributed by atoms with Crippen molar-refractivity contribution in [2.75, 3.05) is 6.54 Å². The number of benzene rings is 1. The first-order valence-corrected chi connectivity index (χ1v) is 7.71. The van der Waals surface area contributed by atoms with E-state index in [0.717, 1.165) is 5.92 Å². The zero-order valence-corrected chi connectivity index (χ0v) is 11.2. The Balaban J connectivity index is 1.59. The second-order valence-corrected chi connectivity index (χ2v) is 6.59. The SMILES string of the molecule is c1cc2c(cc1CC1(C3CC3)CCCN1)CCC2. The molecule has 1 heteroatoms. The molecular formula is C17H23N. The van der Waals surface area contributed by atoms with Crippen LogP contribution in [0.25, 0.3) is 0 Å². The summed E-state index contributed by atoms with van der Waals surface area (Å²) in [6.07, 6.45) is 10.9. The highest BCUT2D eigenvalue weighted by molar-refractivity contribution is 5.36. The van der Waals surface area contributed by atoms with Crippen molar-refractivity contribution in [1.29, 1.82) is 0 Å². The number of hydrogen-bond acceptors (Lipinski definition) is 1. The molecule has 1 atom stereocenters. The highest BCUT2D eigenvalue weighted by Gasteiger charge is 2.46. The van der Waals surface area contributed by atoms with Crippen LogP contribution in [0.1, 0.15) is 48.8 Å². The molecule has 1 saturated carbocycles. The molecule has 18 heavy (non-hydrogen) atoms. The van der Waals surface area contributed by atoms with Crippen LogP contribution in [0.2, 0.25) is 0 Å². The van der Waals surface area contributed by atoms with Crippen LogP contribution in [0.5, 0.6) is 0 Å². The van der Waals surface area contributed by atoms with E-state index >= 15 is 0 Å². The molecule has 3 aliphatic rings. The predicted molar refractivity (Wildman–Crippen MR) is 74.9 cm³/mol. The second-order valence-electron chi connectivity index (χ2n) is 6.59. The molecule has 0 amide bonds. The number of fused-ring (bicyclic) bond motifs is 1. The van der Waals surface area contributed by atoms with Crippen LogP contribution >= 0.6 is 0 Å². The highest BCUT2D eigenvalue weighted by Crippen LogP contribution is 2.46. The normalized spacial score (nSPS) is 30.7. The van der Waals surface area contributed by atoms with Crippen molar-refractivity contribution in [3.05, 3.63) is 34.9 Å². The maximum absolute atomic E-state index is 3.85. The average Bonchev–Trinajstić information content (AvgIpc) is 2.98. The Morgan fingerprint density at radius 3 is 2.78 bits per heavy atom. The Bertz CT molecular complexity index is 453. The Morgan fingerprint density at radius 1 is 1.11 bits per heavy atom. The first kappa shape index (κ1) is 11.0. The lowest BCUT2D eigenvalue weighted by Crippen LogP contribution is -2.44. The summed E-state index contributed by atoms with van der Waals surface area (Å²) in [5, 5.41) is 3.85. The Labute approximate surface area is 110 Å². The third-order valence-electron chi connectivity index (χ3n) is 5.32. The maximum atomic E-state index is 3.85. The molecule has 1 heterocycles.